The highest BCUT2D eigenvalue weighted by Gasteiger charge is 2.20. The fraction of sp³-hybridized carbons (Fsp3) is 0.138. The lowest BCUT2D eigenvalue weighted by molar-refractivity contribution is 0.0697. The summed E-state index contributed by atoms with van der Waals surface area (Å²) in [7, 11) is -2.08. The number of ether oxygens (including phenoxy) is 2. The molecule has 0 bridgehead atoms. The number of hydrogen-bond donors (Lipinski definition) is 5. The first-order valence-corrected chi connectivity index (χ1v) is 13.9. The minimum atomic E-state index is -3.67. The quantitative estimate of drug-likeness (QED) is 0.0834. The van der Waals surface area contributed by atoms with E-state index in [1.807, 2.05) is 18.2 Å². The molecule has 6 N–H and O–H groups in total. The molecule has 0 spiro atoms. The van der Waals surface area contributed by atoms with Crippen molar-refractivity contribution in [2.45, 2.75) is 0 Å². The molecule has 0 radical (unpaired) electrons. The number of hydrogen-bond acceptors (Lipinski definition) is 7. The number of methoxy groups -OCH3 is 1. The topological polar surface area (TPSA) is 189 Å². The maximum Gasteiger partial charge on any atom is 0.336 e. The van der Waals surface area contributed by atoms with Crippen molar-refractivity contribution < 1.29 is 37.1 Å². The molecule has 4 aromatic carbocycles. The van der Waals surface area contributed by atoms with Gasteiger partial charge in [0.1, 0.15) is 18.2 Å². The highest BCUT2D eigenvalue weighted by atomic mass is 32.2. The maximum absolute atomic E-state index is 13.5. The number of benzene rings is 4. The number of nitrogens with two attached hydrogens (primary N) is 1. The van der Waals surface area contributed by atoms with Crippen molar-refractivity contribution in [2.75, 3.05) is 31.9 Å². The van der Waals surface area contributed by atoms with Crippen LogP contribution >= 0.6 is 0 Å². The number of carboxylic acid groups (broad SMARTS) is 1. The van der Waals surface area contributed by atoms with E-state index in [4.69, 9.17) is 25.2 Å². The van der Waals surface area contributed by atoms with Gasteiger partial charge in [0.15, 0.2) is 0 Å². The molecule has 1 amide bonds. The molecule has 4 aromatic rings. The van der Waals surface area contributed by atoms with Crippen molar-refractivity contribution in [2.24, 2.45) is 5.73 Å². The predicted molar refractivity (Wildman–Crippen MR) is 157 cm³/mol. The fourth-order valence-electron chi connectivity index (χ4n) is 3.90. The van der Waals surface area contributed by atoms with Gasteiger partial charge in [-0.15, -0.1) is 0 Å². The molecular formula is C29H29N3O8S. The van der Waals surface area contributed by atoms with Crippen molar-refractivity contribution >= 4 is 44.3 Å². The van der Waals surface area contributed by atoms with Gasteiger partial charge in [-0.25, -0.2) is 4.79 Å². The van der Waals surface area contributed by atoms with Crippen LogP contribution in [0, 0.1) is 5.41 Å². The Balaban J connectivity index is 0.000000850. The molecule has 0 aliphatic heterocycles. The third-order valence-electron chi connectivity index (χ3n) is 5.67. The molecule has 0 unspecified atom stereocenters. The van der Waals surface area contributed by atoms with E-state index in [9.17, 15) is 23.1 Å². The number of rotatable bonds is 9. The van der Waals surface area contributed by atoms with Crippen LogP contribution in [0.4, 0.5) is 5.69 Å². The van der Waals surface area contributed by atoms with E-state index in [-0.39, 0.29) is 17.0 Å². The minimum absolute atomic E-state index is 0.0732. The van der Waals surface area contributed by atoms with Crippen LogP contribution < -0.4 is 15.8 Å². The van der Waals surface area contributed by atoms with Crippen LogP contribution in [0.1, 0.15) is 26.3 Å². The molecule has 0 aliphatic rings. The molecule has 0 saturated carbocycles. The number of carbonyl (C=O) groups excluding carboxylic acids is 1. The van der Waals surface area contributed by atoms with Gasteiger partial charge in [0.25, 0.3) is 16.0 Å². The number of anilines is 1. The van der Waals surface area contributed by atoms with Gasteiger partial charge in [0.2, 0.25) is 0 Å². The molecule has 12 heteroatoms. The van der Waals surface area contributed by atoms with E-state index in [1.165, 1.54) is 6.07 Å². The van der Waals surface area contributed by atoms with Crippen LogP contribution in [0.3, 0.4) is 0 Å². The van der Waals surface area contributed by atoms with Crippen molar-refractivity contribution in [1.82, 2.24) is 0 Å². The molecule has 214 valence electrons. The van der Waals surface area contributed by atoms with Gasteiger partial charge in [-0.3, -0.25) is 14.8 Å². The van der Waals surface area contributed by atoms with Crippen LogP contribution in [0.2, 0.25) is 0 Å². The Bertz CT molecular complexity index is 1680. The summed E-state index contributed by atoms with van der Waals surface area (Å²) >= 11 is 0. The Hall–Kier alpha value is -4.78. The van der Waals surface area contributed by atoms with Crippen molar-refractivity contribution in [1.29, 1.82) is 5.41 Å². The van der Waals surface area contributed by atoms with Crippen molar-refractivity contribution in [3.05, 3.63) is 95.6 Å². The molecule has 0 heterocycles. The zero-order valence-electron chi connectivity index (χ0n) is 22.2. The number of fused-ring (bicyclic) bond motifs is 1. The summed E-state index contributed by atoms with van der Waals surface area (Å²) in [5.74, 6) is -0.999. The van der Waals surface area contributed by atoms with E-state index in [2.05, 4.69) is 5.32 Å². The first-order chi connectivity index (χ1) is 19.4. The van der Waals surface area contributed by atoms with Gasteiger partial charge in [-0.1, -0.05) is 30.3 Å². The smallest absolute Gasteiger partial charge is 0.336 e. The summed E-state index contributed by atoms with van der Waals surface area (Å²) in [6, 6.07) is 22.2. The molecule has 0 aliphatic carbocycles. The van der Waals surface area contributed by atoms with Crippen LogP contribution in [0.25, 0.3) is 21.9 Å². The zero-order chi connectivity index (χ0) is 30.2. The van der Waals surface area contributed by atoms with Crippen LogP contribution in [0.15, 0.2) is 78.9 Å². The molecule has 0 saturated heterocycles. The highest BCUT2D eigenvalue weighted by Crippen LogP contribution is 2.35. The lowest BCUT2D eigenvalue weighted by Gasteiger charge is -2.16. The summed E-state index contributed by atoms with van der Waals surface area (Å²) < 4.78 is 36.8. The highest BCUT2D eigenvalue weighted by molar-refractivity contribution is 7.85. The molecule has 0 aromatic heterocycles. The first-order valence-electron chi connectivity index (χ1n) is 12.1. The van der Waals surface area contributed by atoms with Gasteiger partial charge >= 0.3 is 5.97 Å². The van der Waals surface area contributed by atoms with Crippen LogP contribution in [-0.2, 0) is 14.9 Å². The molecule has 4 rings (SSSR count). The minimum Gasteiger partial charge on any atom is -0.491 e. The lowest BCUT2D eigenvalue weighted by atomic mass is 9.91. The third-order valence-corrected chi connectivity index (χ3v) is 5.67. The van der Waals surface area contributed by atoms with Gasteiger partial charge in [-0.2, -0.15) is 8.42 Å². The summed E-state index contributed by atoms with van der Waals surface area (Å²) in [6.45, 7) is 0.743. The van der Waals surface area contributed by atoms with Gasteiger partial charge in [0.05, 0.1) is 18.4 Å². The molecule has 0 atom stereocenters. The molecule has 41 heavy (non-hydrogen) atoms. The number of nitrogens with one attached hydrogen (secondary N) is 2. The normalized spacial score (nSPS) is 10.8. The Kier molecular flexibility index (Phi) is 10.1. The number of nitrogen functional groups attached to an aromatic ring is 1. The van der Waals surface area contributed by atoms with E-state index < -0.39 is 22.0 Å². The fourth-order valence-corrected chi connectivity index (χ4v) is 3.90. The zero-order valence-corrected chi connectivity index (χ0v) is 23.1. The van der Waals surface area contributed by atoms with Crippen LogP contribution in [-0.4, -0.2) is 62.4 Å². The SMILES string of the molecule is COCCOc1cccc2cc(-c3ccccc3C(=O)O)c(C(=O)Nc3ccc(C(=N)N)cc3)cc12.CS(=O)(=O)O. The Labute approximate surface area is 236 Å². The van der Waals surface area contributed by atoms with E-state index in [1.54, 1.807) is 61.7 Å². The van der Waals surface area contributed by atoms with E-state index in [0.717, 1.165) is 5.39 Å². The summed E-state index contributed by atoms with van der Waals surface area (Å²) in [5.41, 5.74) is 7.84. The second-order valence-electron chi connectivity index (χ2n) is 8.75. The Morgan fingerprint density at radius 1 is 0.927 bits per heavy atom. The number of amides is 1. The average Bonchev–Trinajstić information content (AvgIpc) is 2.92. The first kappa shape index (κ1) is 30.8. The number of amidine groups is 1. The maximum atomic E-state index is 13.5. The summed E-state index contributed by atoms with van der Waals surface area (Å²) in [5, 5.41) is 21.7. The summed E-state index contributed by atoms with van der Waals surface area (Å²) in [4.78, 5) is 25.5. The van der Waals surface area contributed by atoms with Gasteiger partial charge in [-0.05, 0) is 65.0 Å². The number of aromatic carboxylic acids is 1. The average molecular weight is 580 g/mol. The summed E-state index contributed by atoms with van der Waals surface area (Å²) in [6.07, 6.45) is 0.715. The lowest BCUT2D eigenvalue weighted by Crippen LogP contribution is -2.15. The van der Waals surface area contributed by atoms with E-state index in [0.29, 0.717) is 53.0 Å². The number of carboxylic acids is 1. The van der Waals surface area contributed by atoms with Crippen molar-refractivity contribution in [3.8, 4) is 16.9 Å². The van der Waals surface area contributed by atoms with Crippen LogP contribution in [0.5, 0.6) is 5.75 Å². The number of carbonyl (C=O) groups is 2. The Morgan fingerprint density at radius 2 is 1.59 bits per heavy atom. The standard InChI is InChI=1S/C28H25N3O5.CH4O3S/c1-35-13-14-36-25-8-4-5-18-15-23(20-6-2-3-7-21(20)28(33)34)24(16-22(18)25)27(32)31-19-11-9-17(10-12-19)26(29)30;1-5(2,3)4/h2-12,15-16H,13-14H2,1H3,(H3,29,30)(H,31,32)(H,33,34);1H3,(H,2,3,4). The third kappa shape index (κ3) is 8.60. The monoisotopic (exact) mass is 579 g/mol. The largest absolute Gasteiger partial charge is 0.491 e. The Morgan fingerprint density at radius 3 is 2.20 bits per heavy atom. The molecule has 11 nitrogen and oxygen atoms in total. The predicted octanol–water partition coefficient (Wildman–Crippen LogP) is 4.27. The second kappa shape index (κ2) is 13.5. The second-order valence-corrected chi connectivity index (χ2v) is 10.2. The van der Waals surface area contributed by atoms with Gasteiger partial charge in [0, 0.05) is 29.3 Å². The van der Waals surface area contributed by atoms with Crippen molar-refractivity contribution in [3.63, 3.8) is 0 Å². The molecule has 0 fully saturated rings. The van der Waals surface area contributed by atoms with E-state index >= 15 is 0 Å². The van der Waals surface area contributed by atoms with Gasteiger partial charge < -0.3 is 25.6 Å². The molecular weight excluding hydrogens is 550 g/mol.